The first-order valence-electron chi connectivity index (χ1n) is 8.59. The standard InChI is InChI=1S/C21H30O5/c1-15(2)7-6-8-16(3)11-12-26-20(22)10-9-17-13-18(24-4)21(23)19(14-17)25-5/h7,9-11,13-14,20,22-23H,6,8,12H2,1-5H3. The molecule has 0 amide bonds. The van der Waals surface area contributed by atoms with Crippen LogP contribution >= 0.6 is 0 Å². The van der Waals surface area contributed by atoms with Gasteiger partial charge in [-0.05, 0) is 57.4 Å². The minimum atomic E-state index is -1.03. The Morgan fingerprint density at radius 3 is 2.23 bits per heavy atom. The van der Waals surface area contributed by atoms with Crippen LogP contribution in [0.25, 0.3) is 6.08 Å². The lowest BCUT2D eigenvalue weighted by Crippen LogP contribution is -2.08. The number of phenolic OH excluding ortho intramolecular Hbond substituents is 1. The molecule has 26 heavy (non-hydrogen) atoms. The SMILES string of the molecule is COc1cc(C=CC(O)OCC=C(C)CCC=C(C)C)cc(OC)c1O. The number of hydrogen-bond acceptors (Lipinski definition) is 5. The number of ether oxygens (including phenoxy) is 3. The summed E-state index contributed by atoms with van der Waals surface area (Å²) in [6.45, 7) is 6.57. The van der Waals surface area contributed by atoms with Crippen LogP contribution in [0.1, 0.15) is 39.2 Å². The van der Waals surface area contributed by atoms with Crippen molar-refractivity contribution >= 4 is 6.08 Å². The molecule has 0 saturated carbocycles. The van der Waals surface area contributed by atoms with E-state index in [1.54, 1.807) is 18.2 Å². The molecule has 0 aliphatic carbocycles. The van der Waals surface area contributed by atoms with Gasteiger partial charge in [-0.3, -0.25) is 0 Å². The van der Waals surface area contributed by atoms with Crippen molar-refractivity contribution in [1.82, 2.24) is 0 Å². The molecule has 1 aromatic carbocycles. The van der Waals surface area contributed by atoms with E-state index < -0.39 is 6.29 Å². The molecular formula is C21H30O5. The largest absolute Gasteiger partial charge is 0.502 e. The Balaban J connectivity index is 2.57. The molecule has 0 saturated heterocycles. The van der Waals surface area contributed by atoms with Gasteiger partial charge in [0.2, 0.25) is 5.75 Å². The topological polar surface area (TPSA) is 68.2 Å². The lowest BCUT2D eigenvalue weighted by Gasteiger charge is -2.10. The third kappa shape index (κ3) is 7.76. The summed E-state index contributed by atoms with van der Waals surface area (Å²) in [5.74, 6) is 0.543. The number of rotatable bonds is 10. The zero-order valence-corrected chi connectivity index (χ0v) is 16.3. The minimum Gasteiger partial charge on any atom is -0.502 e. The maximum atomic E-state index is 9.92. The molecule has 0 bridgehead atoms. The Labute approximate surface area is 156 Å². The molecule has 0 heterocycles. The molecule has 0 fully saturated rings. The Morgan fingerprint density at radius 1 is 1.08 bits per heavy atom. The maximum absolute atomic E-state index is 9.92. The van der Waals surface area contributed by atoms with Crippen LogP contribution in [0.3, 0.4) is 0 Å². The predicted octanol–water partition coefficient (Wildman–Crippen LogP) is 4.45. The number of allylic oxidation sites excluding steroid dienone is 3. The molecule has 1 unspecified atom stereocenters. The van der Waals surface area contributed by atoms with E-state index in [1.165, 1.54) is 31.4 Å². The van der Waals surface area contributed by atoms with Gasteiger partial charge < -0.3 is 24.4 Å². The number of methoxy groups -OCH3 is 2. The molecule has 144 valence electrons. The first-order valence-corrected chi connectivity index (χ1v) is 8.59. The summed E-state index contributed by atoms with van der Waals surface area (Å²) in [6, 6.07) is 3.29. The van der Waals surface area contributed by atoms with E-state index in [9.17, 15) is 10.2 Å². The van der Waals surface area contributed by atoms with Crippen LogP contribution in [0, 0.1) is 0 Å². The van der Waals surface area contributed by atoms with Gasteiger partial charge in [-0.2, -0.15) is 0 Å². The van der Waals surface area contributed by atoms with Crippen molar-refractivity contribution in [3.05, 3.63) is 47.1 Å². The lowest BCUT2D eigenvalue weighted by molar-refractivity contribution is -0.0518. The van der Waals surface area contributed by atoms with Crippen LogP contribution in [0.15, 0.2) is 41.5 Å². The maximum Gasteiger partial charge on any atom is 0.200 e. The molecule has 2 N–H and O–H groups in total. The smallest absolute Gasteiger partial charge is 0.200 e. The fraction of sp³-hybridized carbons (Fsp3) is 0.429. The molecule has 0 radical (unpaired) electrons. The number of phenols is 1. The van der Waals surface area contributed by atoms with E-state index >= 15 is 0 Å². The zero-order chi connectivity index (χ0) is 19.5. The van der Waals surface area contributed by atoms with Crippen molar-refractivity contribution in [2.75, 3.05) is 20.8 Å². The quantitative estimate of drug-likeness (QED) is 0.475. The van der Waals surface area contributed by atoms with Gasteiger partial charge in [0.05, 0.1) is 20.8 Å². The summed E-state index contributed by atoms with van der Waals surface area (Å²) in [7, 11) is 2.93. The first-order chi connectivity index (χ1) is 12.4. The molecule has 0 aliphatic heterocycles. The van der Waals surface area contributed by atoms with E-state index in [4.69, 9.17) is 14.2 Å². The Morgan fingerprint density at radius 2 is 1.69 bits per heavy atom. The van der Waals surface area contributed by atoms with E-state index in [2.05, 4.69) is 26.8 Å². The number of aliphatic hydroxyl groups is 1. The minimum absolute atomic E-state index is 0.0577. The molecule has 1 aromatic rings. The van der Waals surface area contributed by atoms with Crippen molar-refractivity contribution in [2.45, 2.75) is 39.9 Å². The van der Waals surface area contributed by atoms with Crippen LogP contribution < -0.4 is 9.47 Å². The van der Waals surface area contributed by atoms with Gasteiger partial charge in [0, 0.05) is 0 Å². The molecule has 5 nitrogen and oxygen atoms in total. The number of aliphatic hydroxyl groups excluding tert-OH is 1. The van der Waals surface area contributed by atoms with Gasteiger partial charge in [-0.1, -0.05) is 29.4 Å². The van der Waals surface area contributed by atoms with Crippen LogP contribution in [0.5, 0.6) is 17.2 Å². The fourth-order valence-corrected chi connectivity index (χ4v) is 2.24. The first kappa shape index (κ1) is 21.8. The van der Waals surface area contributed by atoms with Gasteiger partial charge >= 0.3 is 0 Å². The third-order valence-corrected chi connectivity index (χ3v) is 3.75. The Kier molecular flexibility index (Phi) is 9.55. The highest BCUT2D eigenvalue weighted by Crippen LogP contribution is 2.37. The van der Waals surface area contributed by atoms with Crippen molar-refractivity contribution < 1.29 is 24.4 Å². The molecule has 0 aliphatic rings. The fourth-order valence-electron chi connectivity index (χ4n) is 2.24. The van der Waals surface area contributed by atoms with Gasteiger partial charge in [-0.25, -0.2) is 0 Å². The highest BCUT2D eigenvalue weighted by atomic mass is 16.6. The highest BCUT2D eigenvalue weighted by molar-refractivity contribution is 5.61. The molecule has 1 rings (SSSR count). The predicted molar refractivity (Wildman–Crippen MR) is 105 cm³/mol. The van der Waals surface area contributed by atoms with Crippen molar-refractivity contribution in [3.63, 3.8) is 0 Å². The summed E-state index contributed by atoms with van der Waals surface area (Å²) in [4.78, 5) is 0. The number of aromatic hydroxyl groups is 1. The van der Waals surface area contributed by atoms with Gasteiger partial charge in [-0.15, -0.1) is 0 Å². The van der Waals surface area contributed by atoms with Gasteiger partial charge in [0.25, 0.3) is 0 Å². The van der Waals surface area contributed by atoms with Gasteiger partial charge in [0.15, 0.2) is 17.8 Å². The summed E-state index contributed by atoms with van der Waals surface area (Å²) in [5.41, 5.74) is 3.26. The average molecular weight is 362 g/mol. The molecule has 0 spiro atoms. The van der Waals surface area contributed by atoms with Crippen LogP contribution in [-0.2, 0) is 4.74 Å². The normalized spacial score (nSPS) is 12.9. The Hall–Kier alpha value is -2.24. The Bertz CT molecular complexity index is 629. The molecule has 1 atom stereocenters. The molecule has 0 aromatic heterocycles. The second-order valence-corrected chi connectivity index (χ2v) is 6.23. The van der Waals surface area contributed by atoms with Crippen LogP contribution in [0.4, 0.5) is 0 Å². The van der Waals surface area contributed by atoms with Crippen molar-refractivity contribution in [3.8, 4) is 17.2 Å². The summed E-state index contributed by atoms with van der Waals surface area (Å²) < 4.78 is 15.6. The van der Waals surface area contributed by atoms with E-state index in [1.807, 2.05) is 6.08 Å². The second kappa shape index (κ2) is 11.4. The number of hydrogen-bond donors (Lipinski definition) is 2. The van der Waals surface area contributed by atoms with E-state index in [-0.39, 0.29) is 5.75 Å². The van der Waals surface area contributed by atoms with Crippen LogP contribution in [-0.4, -0.2) is 37.3 Å². The van der Waals surface area contributed by atoms with Crippen molar-refractivity contribution in [1.29, 1.82) is 0 Å². The average Bonchev–Trinajstić information content (AvgIpc) is 2.60. The van der Waals surface area contributed by atoms with Crippen molar-refractivity contribution in [2.24, 2.45) is 0 Å². The molecule has 5 heteroatoms. The van der Waals surface area contributed by atoms with Crippen LogP contribution in [0.2, 0.25) is 0 Å². The second-order valence-electron chi connectivity index (χ2n) is 6.23. The van der Waals surface area contributed by atoms with Gasteiger partial charge in [0.1, 0.15) is 0 Å². The van der Waals surface area contributed by atoms with E-state index in [0.717, 1.165) is 12.8 Å². The molecular weight excluding hydrogens is 332 g/mol. The third-order valence-electron chi connectivity index (χ3n) is 3.75. The summed E-state index contributed by atoms with van der Waals surface area (Å²) >= 11 is 0. The van der Waals surface area contributed by atoms with E-state index in [0.29, 0.717) is 23.7 Å². The lowest BCUT2D eigenvalue weighted by atomic mass is 10.1. The number of benzene rings is 1. The highest BCUT2D eigenvalue weighted by Gasteiger charge is 2.10. The summed E-state index contributed by atoms with van der Waals surface area (Å²) in [5, 5.41) is 19.8. The summed E-state index contributed by atoms with van der Waals surface area (Å²) in [6.07, 6.45) is 8.35. The zero-order valence-electron chi connectivity index (χ0n) is 16.3. The monoisotopic (exact) mass is 362 g/mol.